The van der Waals surface area contributed by atoms with Gasteiger partial charge in [-0.15, -0.1) is 10.2 Å². The van der Waals surface area contributed by atoms with Crippen molar-refractivity contribution in [1.82, 2.24) is 14.8 Å². The van der Waals surface area contributed by atoms with Gasteiger partial charge in [-0.2, -0.15) is 0 Å². The number of aromatic nitrogens is 3. The largest absolute Gasteiger partial charge is 0.325 e. The van der Waals surface area contributed by atoms with E-state index < -0.39 is 0 Å². The fourth-order valence-corrected chi connectivity index (χ4v) is 5.03. The summed E-state index contributed by atoms with van der Waals surface area (Å²) in [6, 6.07) is 21.4. The summed E-state index contributed by atoms with van der Waals surface area (Å²) in [7, 11) is 0. The first-order valence-corrected chi connectivity index (χ1v) is 12.6. The van der Waals surface area contributed by atoms with Crippen molar-refractivity contribution in [3.05, 3.63) is 87.4 Å². The van der Waals surface area contributed by atoms with Gasteiger partial charge in [0.2, 0.25) is 5.91 Å². The molecule has 0 radical (unpaired) electrons. The van der Waals surface area contributed by atoms with Gasteiger partial charge < -0.3 is 5.32 Å². The van der Waals surface area contributed by atoms with Crippen LogP contribution in [0.4, 0.5) is 5.69 Å². The highest BCUT2D eigenvalue weighted by Gasteiger charge is 2.18. The first kappa shape index (κ1) is 23.5. The van der Waals surface area contributed by atoms with Crippen molar-refractivity contribution >= 4 is 50.9 Å². The normalized spacial score (nSPS) is 10.9. The van der Waals surface area contributed by atoms with Crippen molar-refractivity contribution in [2.45, 2.75) is 25.4 Å². The maximum Gasteiger partial charge on any atom is 0.234 e. The fraction of sp³-hybridized carbons (Fsp3) is 0.160. The topological polar surface area (TPSA) is 59.8 Å². The molecule has 8 heteroatoms. The molecule has 0 saturated carbocycles. The fourth-order valence-electron chi connectivity index (χ4n) is 3.54. The number of carbonyl (C=O) groups is 1. The van der Waals surface area contributed by atoms with Crippen LogP contribution in [0.25, 0.3) is 17.1 Å². The molecule has 0 aliphatic carbocycles. The van der Waals surface area contributed by atoms with E-state index in [2.05, 4.69) is 38.4 Å². The SMILES string of the molecule is CCc1cc(Br)cc(C)c1NC(=O)CSc1nnc(-c2ccccc2)n1-c1ccc(Cl)cc1. The third kappa shape index (κ3) is 5.49. The van der Waals surface area contributed by atoms with Gasteiger partial charge in [-0.25, -0.2) is 0 Å². The Labute approximate surface area is 210 Å². The summed E-state index contributed by atoms with van der Waals surface area (Å²) in [5, 5.41) is 13.2. The second-order valence-corrected chi connectivity index (χ2v) is 9.73. The van der Waals surface area contributed by atoms with Gasteiger partial charge in [0.1, 0.15) is 0 Å². The number of nitrogens with one attached hydrogen (secondary N) is 1. The minimum atomic E-state index is -0.0907. The number of amides is 1. The average molecular weight is 542 g/mol. The number of carbonyl (C=O) groups excluding carboxylic acids is 1. The Kier molecular flexibility index (Phi) is 7.53. The zero-order valence-corrected chi connectivity index (χ0v) is 21.3. The van der Waals surface area contributed by atoms with Gasteiger partial charge in [0.05, 0.1) is 5.75 Å². The summed E-state index contributed by atoms with van der Waals surface area (Å²) in [4.78, 5) is 12.8. The van der Waals surface area contributed by atoms with Crippen LogP contribution < -0.4 is 5.32 Å². The van der Waals surface area contributed by atoms with Gasteiger partial charge in [0.15, 0.2) is 11.0 Å². The van der Waals surface area contributed by atoms with Gasteiger partial charge >= 0.3 is 0 Å². The van der Waals surface area contributed by atoms with E-state index in [-0.39, 0.29) is 11.7 Å². The molecule has 1 aromatic heterocycles. The molecule has 4 rings (SSSR count). The molecule has 3 aromatic carbocycles. The van der Waals surface area contributed by atoms with Crippen molar-refractivity contribution in [2.75, 3.05) is 11.1 Å². The van der Waals surface area contributed by atoms with Crippen LogP contribution in [0.3, 0.4) is 0 Å². The van der Waals surface area contributed by atoms with Gasteiger partial charge in [-0.3, -0.25) is 9.36 Å². The lowest BCUT2D eigenvalue weighted by Crippen LogP contribution is -2.16. The first-order valence-electron chi connectivity index (χ1n) is 10.4. The minimum Gasteiger partial charge on any atom is -0.325 e. The van der Waals surface area contributed by atoms with Crippen LogP contribution in [0.2, 0.25) is 5.02 Å². The van der Waals surface area contributed by atoms with E-state index in [1.54, 1.807) is 0 Å². The lowest BCUT2D eigenvalue weighted by atomic mass is 10.1. The molecule has 0 spiro atoms. The van der Waals surface area contributed by atoms with Gasteiger partial charge in [-0.05, 0) is 60.9 Å². The van der Waals surface area contributed by atoms with Crippen molar-refractivity contribution in [2.24, 2.45) is 0 Å². The molecule has 0 fully saturated rings. The summed E-state index contributed by atoms with van der Waals surface area (Å²) in [6.45, 7) is 4.07. The Hall–Kier alpha value is -2.61. The molecule has 0 saturated heterocycles. The van der Waals surface area contributed by atoms with E-state index in [4.69, 9.17) is 11.6 Å². The number of anilines is 1. The standard InChI is InChI=1S/C25H22BrClN4OS/c1-3-17-14-19(26)13-16(2)23(17)28-22(32)15-33-25-30-29-24(18-7-5-4-6-8-18)31(25)21-11-9-20(27)10-12-21/h4-14H,3,15H2,1-2H3,(H,28,32). The molecule has 0 atom stereocenters. The number of thioether (sulfide) groups is 1. The van der Waals surface area contributed by atoms with E-state index in [0.29, 0.717) is 16.0 Å². The first-order chi connectivity index (χ1) is 16.0. The third-order valence-corrected chi connectivity index (χ3v) is 6.75. The Morgan fingerprint density at radius 1 is 1.09 bits per heavy atom. The summed E-state index contributed by atoms with van der Waals surface area (Å²) in [5.41, 5.74) is 4.80. The van der Waals surface area contributed by atoms with Gasteiger partial charge in [0.25, 0.3) is 0 Å². The Balaban J connectivity index is 1.59. The Morgan fingerprint density at radius 2 is 1.82 bits per heavy atom. The predicted molar refractivity (Wildman–Crippen MR) is 139 cm³/mol. The molecule has 1 N–H and O–H groups in total. The smallest absolute Gasteiger partial charge is 0.234 e. The van der Waals surface area contributed by atoms with E-state index in [1.807, 2.05) is 78.2 Å². The van der Waals surface area contributed by atoms with Gasteiger partial charge in [0, 0.05) is 26.4 Å². The van der Waals surface area contributed by atoms with Crippen LogP contribution in [0, 0.1) is 6.92 Å². The van der Waals surface area contributed by atoms with Crippen molar-refractivity contribution in [3.8, 4) is 17.1 Å². The Morgan fingerprint density at radius 3 is 2.52 bits per heavy atom. The van der Waals surface area contributed by atoms with Crippen molar-refractivity contribution in [1.29, 1.82) is 0 Å². The van der Waals surface area contributed by atoms with Crippen molar-refractivity contribution in [3.63, 3.8) is 0 Å². The van der Waals surface area contributed by atoms with Crippen molar-refractivity contribution < 1.29 is 4.79 Å². The molecule has 0 aliphatic heterocycles. The zero-order valence-electron chi connectivity index (χ0n) is 18.2. The van der Waals surface area contributed by atoms with E-state index in [0.717, 1.165) is 39.0 Å². The number of aryl methyl sites for hydroxylation is 2. The monoisotopic (exact) mass is 540 g/mol. The highest BCUT2D eigenvalue weighted by atomic mass is 79.9. The molecule has 1 amide bonds. The number of hydrogen-bond acceptors (Lipinski definition) is 4. The Bertz CT molecular complexity index is 1280. The molecule has 0 unspecified atom stereocenters. The molecule has 0 bridgehead atoms. The lowest BCUT2D eigenvalue weighted by Gasteiger charge is -2.14. The van der Waals surface area contributed by atoms with Crippen LogP contribution in [0.15, 0.2) is 76.4 Å². The lowest BCUT2D eigenvalue weighted by molar-refractivity contribution is -0.113. The summed E-state index contributed by atoms with van der Waals surface area (Å²) in [6.07, 6.45) is 0.828. The average Bonchev–Trinajstić information content (AvgIpc) is 3.24. The van der Waals surface area contributed by atoms with Crippen LogP contribution in [-0.2, 0) is 11.2 Å². The summed E-state index contributed by atoms with van der Waals surface area (Å²) >= 11 is 11.0. The molecule has 0 aliphatic rings. The van der Waals surface area contributed by atoms with Crippen LogP contribution in [0.5, 0.6) is 0 Å². The maximum atomic E-state index is 12.8. The molecular weight excluding hydrogens is 520 g/mol. The highest BCUT2D eigenvalue weighted by Crippen LogP contribution is 2.30. The molecule has 1 heterocycles. The predicted octanol–water partition coefficient (Wildman–Crippen LogP) is 6.95. The van der Waals surface area contributed by atoms with Crippen LogP contribution in [0.1, 0.15) is 18.1 Å². The summed E-state index contributed by atoms with van der Waals surface area (Å²) < 4.78 is 2.96. The molecule has 5 nitrogen and oxygen atoms in total. The minimum absolute atomic E-state index is 0.0907. The second-order valence-electron chi connectivity index (χ2n) is 7.43. The highest BCUT2D eigenvalue weighted by molar-refractivity contribution is 9.10. The molecule has 168 valence electrons. The van der Waals surface area contributed by atoms with Crippen LogP contribution in [-0.4, -0.2) is 26.4 Å². The quantitative estimate of drug-likeness (QED) is 0.257. The summed E-state index contributed by atoms with van der Waals surface area (Å²) in [5.74, 6) is 0.823. The number of hydrogen-bond donors (Lipinski definition) is 1. The van der Waals surface area contributed by atoms with E-state index >= 15 is 0 Å². The van der Waals surface area contributed by atoms with E-state index in [1.165, 1.54) is 11.8 Å². The third-order valence-electron chi connectivity index (χ3n) is 5.11. The number of benzene rings is 3. The second kappa shape index (κ2) is 10.5. The number of rotatable bonds is 7. The maximum absolute atomic E-state index is 12.8. The van der Waals surface area contributed by atoms with E-state index in [9.17, 15) is 4.79 Å². The zero-order chi connectivity index (χ0) is 23.4. The van der Waals surface area contributed by atoms with Gasteiger partial charge in [-0.1, -0.05) is 76.5 Å². The number of nitrogens with zero attached hydrogens (tertiary/aromatic N) is 3. The number of halogens is 2. The van der Waals surface area contributed by atoms with Crippen LogP contribution >= 0.6 is 39.3 Å². The molecule has 33 heavy (non-hydrogen) atoms. The molecule has 4 aromatic rings. The molecular formula is C25H22BrClN4OS.